The van der Waals surface area contributed by atoms with Crippen LogP contribution in [0.5, 0.6) is 0 Å². The number of terminal acetylenes is 1. The molecule has 0 nitrogen and oxygen atoms in total. The molecule has 0 N–H and O–H groups in total. The fourth-order valence-electron chi connectivity index (χ4n) is 0.351. The molecular weight excluding hydrogens is 184 g/mol. The smallest absolute Gasteiger partial charge is 0.0597 e. The van der Waals surface area contributed by atoms with E-state index in [1.54, 1.807) is 11.8 Å². The van der Waals surface area contributed by atoms with E-state index in [-0.39, 0.29) is 0 Å². The van der Waals surface area contributed by atoms with Gasteiger partial charge in [0.25, 0.3) is 0 Å². The zero-order valence-corrected chi connectivity index (χ0v) is 8.37. The lowest BCUT2D eigenvalue weighted by Gasteiger charge is -1.99. The normalized spacial score (nSPS) is 8.60. The lowest BCUT2D eigenvalue weighted by Crippen LogP contribution is -1.74. The number of thioether (sulfide) groups is 1. The van der Waals surface area contributed by atoms with Gasteiger partial charge in [0.05, 0.1) is 9.99 Å². The van der Waals surface area contributed by atoms with E-state index >= 15 is 0 Å². The quantitative estimate of drug-likeness (QED) is 0.628. The second-order valence-electron chi connectivity index (χ2n) is 1.86. The summed E-state index contributed by atoms with van der Waals surface area (Å²) in [5.74, 6) is 3.24. The van der Waals surface area contributed by atoms with Crippen molar-refractivity contribution in [2.45, 2.75) is 13.8 Å². The first-order valence-corrected chi connectivity index (χ1v) is 5.37. The van der Waals surface area contributed by atoms with Crippen LogP contribution in [0.15, 0.2) is 9.81 Å². The highest BCUT2D eigenvalue weighted by atomic mass is 35.7. The van der Waals surface area contributed by atoms with Crippen molar-refractivity contribution in [1.82, 2.24) is 0 Å². The van der Waals surface area contributed by atoms with Gasteiger partial charge in [-0.3, -0.25) is 0 Å². The summed E-state index contributed by atoms with van der Waals surface area (Å²) in [5, 5.41) is 0. The standard InChI is InChI=1S/C7H9ClS2/c1-4-5-9-7(10-8)6(2)3/h1H,5H2,2-3H3. The van der Waals surface area contributed by atoms with E-state index in [1.807, 2.05) is 13.8 Å². The predicted molar refractivity (Wildman–Crippen MR) is 53.1 cm³/mol. The highest BCUT2D eigenvalue weighted by Crippen LogP contribution is 2.33. The van der Waals surface area contributed by atoms with Crippen LogP contribution in [0.3, 0.4) is 0 Å². The molecule has 0 saturated carbocycles. The minimum absolute atomic E-state index is 0.695. The first kappa shape index (κ1) is 10.3. The Balaban J connectivity index is 3.88. The van der Waals surface area contributed by atoms with E-state index in [9.17, 15) is 0 Å². The minimum Gasteiger partial charge on any atom is -0.119 e. The predicted octanol–water partition coefficient (Wildman–Crippen LogP) is 3.49. The summed E-state index contributed by atoms with van der Waals surface area (Å²) in [6.07, 6.45) is 5.09. The fourth-order valence-corrected chi connectivity index (χ4v) is 2.23. The third-order valence-corrected chi connectivity index (χ3v) is 3.64. The van der Waals surface area contributed by atoms with E-state index in [4.69, 9.17) is 17.1 Å². The zero-order chi connectivity index (χ0) is 7.98. The molecule has 0 spiro atoms. The first-order chi connectivity index (χ1) is 4.72. The summed E-state index contributed by atoms with van der Waals surface area (Å²) in [6, 6.07) is 0. The average molecular weight is 193 g/mol. The minimum atomic E-state index is 0.695. The Hall–Kier alpha value is 0.290. The number of allylic oxidation sites excluding steroid dienone is 1. The largest absolute Gasteiger partial charge is 0.119 e. The van der Waals surface area contributed by atoms with Crippen molar-refractivity contribution in [3.8, 4) is 12.3 Å². The van der Waals surface area contributed by atoms with Crippen molar-refractivity contribution >= 4 is 33.4 Å². The van der Waals surface area contributed by atoms with Crippen LogP contribution in [0.2, 0.25) is 0 Å². The van der Waals surface area contributed by atoms with E-state index in [0.29, 0.717) is 5.75 Å². The van der Waals surface area contributed by atoms with Gasteiger partial charge in [-0.15, -0.1) is 18.2 Å². The molecule has 56 valence electrons. The molecule has 10 heavy (non-hydrogen) atoms. The zero-order valence-electron chi connectivity index (χ0n) is 5.98. The lowest BCUT2D eigenvalue weighted by molar-refractivity contribution is 1.41. The maximum atomic E-state index is 5.57. The molecule has 0 aliphatic heterocycles. The van der Waals surface area contributed by atoms with Gasteiger partial charge in [-0.2, -0.15) is 0 Å². The van der Waals surface area contributed by atoms with E-state index in [2.05, 4.69) is 5.92 Å². The Morgan fingerprint density at radius 1 is 1.60 bits per heavy atom. The molecule has 0 fully saturated rings. The number of hydrogen-bond donors (Lipinski definition) is 0. The summed E-state index contributed by atoms with van der Waals surface area (Å²) >= 11 is 1.60. The SMILES string of the molecule is C#CCSC(SCl)=C(C)C. The number of halogens is 1. The van der Waals surface area contributed by atoms with Crippen LogP contribution in [0, 0.1) is 12.3 Å². The van der Waals surface area contributed by atoms with Crippen molar-refractivity contribution in [3.63, 3.8) is 0 Å². The van der Waals surface area contributed by atoms with Gasteiger partial charge in [0.15, 0.2) is 0 Å². The Morgan fingerprint density at radius 2 is 2.20 bits per heavy atom. The summed E-state index contributed by atoms with van der Waals surface area (Å²) in [7, 11) is 6.80. The first-order valence-electron chi connectivity index (χ1n) is 2.74. The molecule has 0 atom stereocenters. The Bertz CT molecular complexity index is 163. The van der Waals surface area contributed by atoms with Crippen molar-refractivity contribution in [3.05, 3.63) is 9.81 Å². The number of hydrogen-bond acceptors (Lipinski definition) is 2. The highest BCUT2D eigenvalue weighted by molar-refractivity contribution is 8.34. The number of rotatable bonds is 3. The Kier molecular flexibility index (Phi) is 6.20. The Labute approximate surface area is 75.3 Å². The van der Waals surface area contributed by atoms with E-state index in [1.165, 1.54) is 16.5 Å². The van der Waals surface area contributed by atoms with E-state index < -0.39 is 0 Å². The second kappa shape index (κ2) is 6.03. The van der Waals surface area contributed by atoms with Crippen molar-refractivity contribution < 1.29 is 0 Å². The van der Waals surface area contributed by atoms with Crippen molar-refractivity contribution in [2.75, 3.05) is 5.75 Å². The van der Waals surface area contributed by atoms with Gasteiger partial charge >= 0.3 is 0 Å². The lowest BCUT2D eigenvalue weighted by atomic mass is 10.4. The maximum absolute atomic E-state index is 5.57. The maximum Gasteiger partial charge on any atom is 0.0597 e. The molecule has 0 unspecified atom stereocenters. The van der Waals surface area contributed by atoms with Crippen LogP contribution in [0.4, 0.5) is 0 Å². The molecule has 0 saturated heterocycles. The van der Waals surface area contributed by atoms with Gasteiger partial charge in [-0.25, -0.2) is 0 Å². The Morgan fingerprint density at radius 3 is 2.50 bits per heavy atom. The summed E-state index contributed by atoms with van der Waals surface area (Å²) < 4.78 is 1.11. The van der Waals surface area contributed by atoms with Gasteiger partial charge < -0.3 is 0 Å². The van der Waals surface area contributed by atoms with Crippen molar-refractivity contribution in [1.29, 1.82) is 0 Å². The molecule has 0 amide bonds. The van der Waals surface area contributed by atoms with E-state index in [0.717, 1.165) is 4.24 Å². The third kappa shape index (κ3) is 4.16. The van der Waals surface area contributed by atoms with Crippen LogP contribution in [0.25, 0.3) is 0 Å². The van der Waals surface area contributed by atoms with Crippen LogP contribution < -0.4 is 0 Å². The molecule has 3 heteroatoms. The third-order valence-electron chi connectivity index (χ3n) is 0.765. The van der Waals surface area contributed by atoms with Crippen molar-refractivity contribution in [2.24, 2.45) is 0 Å². The molecule has 0 aromatic carbocycles. The molecule has 0 rings (SSSR count). The molecule has 0 aliphatic rings. The monoisotopic (exact) mass is 192 g/mol. The summed E-state index contributed by atoms with van der Waals surface area (Å²) in [6.45, 7) is 4.04. The summed E-state index contributed by atoms with van der Waals surface area (Å²) in [4.78, 5) is 0. The van der Waals surface area contributed by atoms with Crippen LogP contribution in [-0.2, 0) is 0 Å². The van der Waals surface area contributed by atoms with Gasteiger partial charge in [-0.1, -0.05) is 11.5 Å². The highest BCUT2D eigenvalue weighted by Gasteiger charge is 1.97. The van der Waals surface area contributed by atoms with Crippen LogP contribution >= 0.6 is 33.4 Å². The molecule has 0 aromatic rings. The van der Waals surface area contributed by atoms with Gasteiger partial charge in [0, 0.05) is 0 Å². The van der Waals surface area contributed by atoms with Gasteiger partial charge in [0.1, 0.15) is 0 Å². The molecule has 0 bridgehead atoms. The van der Waals surface area contributed by atoms with Crippen LogP contribution in [0.1, 0.15) is 13.8 Å². The summed E-state index contributed by atoms with van der Waals surface area (Å²) in [5.41, 5.74) is 1.22. The second-order valence-corrected chi connectivity index (χ2v) is 4.13. The fraction of sp³-hybridized carbons (Fsp3) is 0.429. The van der Waals surface area contributed by atoms with Crippen LogP contribution in [-0.4, -0.2) is 5.75 Å². The molecule has 0 aromatic heterocycles. The molecule has 0 aliphatic carbocycles. The molecule has 0 radical (unpaired) electrons. The van der Waals surface area contributed by atoms with Gasteiger partial charge in [0.2, 0.25) is 0 Å². The average Bonchev–Trinajstić information content (AvgIpc) is 1.89. The van der Waals surface area contributed by atoms with Gasteiger partial charge in [-0.05, 0) is 35.5 Å². The molecule has 0 heterocycles. The topological polar surface area (TPSA) is 0 Å². The molecular formula is C7H9ClS2.